The summed E-state index contributed by atoms with van der Waals surface area (Å²) in [5.74, 6) is -1.00. The summed E-state index contributed by atoms with van der Waals surface area (Å²) in [7, 11) is 0. The lowest BCUT2D eigenvalue weighted by atomic mass is 10.2. The minimum Gasteiger partial charge on any atom is -0.487 e. The Morgan fingerprint density at radius 3 is 2.44 bits per heavy atom. The predicted molar refractivity (Wildman–Crippen MR) is 164 cm³/mol. The first-order valence-corrected chi connectivity index (χ1v) is 13.8. The number of nitrogens with zero attached hydrogens (tertiary/aromatic N) is 4. The second kappa shape index (κ2) is 12.3. The standard InChI is InChI=1S/C34H25F2N5O4/c1-20-31(34(43)41(21(2)39-20)25-11-8-23(35)9-12-25)33(42)40-24-10-13-29(27(36)16-24)45-30-14-15-37-28-17-26(18-38-32(28)30)44-19-22-6-4-3-5-7-22/h3-18H,19H2,1-2H3,(H,40,42). The Morgan fingerprint density at radius 1 is 0.911 bits per heavy atom. The van der Waals surface area contributed by atoms with E-state index in [1.54, 1.807) is 25.3 Å². The van der Waals surface area contributed by atoms with Crippen molar-refractivity contribution in [2.45, 2.75) is 20.5 Å². The van der Waals surface area contributed by atoms with Crippen LogP contribution < -0.4 is 20.3 Å². The number of hydrogen-bond donors (Lipinski definition) is 1. The Hall–Kier alpha value is -5.97. The molecule has 0 unspecified atom stereocenters. The molecule has 224 valence electrons. The summed E-state index contributed by atoms with van der Waals surface area (Å²) in [6, 6.07) is 22.1. The maximum atomic E-state index is 15.2. The van der Waals surface area contributed by atoms with E-state index in [4.69, 9.17) is 9.47 Å². The maximum Gasteiger partial charge on any atom is 0.271 e. The van der Waals surface area contributed by atoms with Gasteiger partial charge in [-0.2, -0.15) is 0 Å². The molecule has 0 atom stereocenters. The van der Waals surface area contributed by atoms with Crippen molar-refractivity contribution in [2.24, 2.45) is 0 Å². The molecule has 0 bridgehead atoms. The Kier molecular flexibility index (Phi) is 7.98. The van der Waals surface area contributed by atoms with Crippen LogP contribution in [0.4, 0.5) is 14.5 Å². The van der Waals surface area contributed by atoms with Gasteiger partial charge in [-0.05, 0) is 55.8 Å². The average Bonchev–Trinajstić information content (AvgIpc) is 3.02. The molecule has 3 aromatic carbocycles. The molecule has 3 heterocycles. The van der Waals surface area contributed by atoms with E-state index in [2.05, 4.69) is 20.3 Å². The second-order valence-electron chi connectivity index (χ2n) is 10.1. The normalized spacial score (nSPS) is 10.9. The van der Waals surface area contributed by atoms with E-state index in [1.165, 1.54) is 54.1 Å². The number of benzene rings is 3. The number of carbonyl (C=O) groups excluding carboxylic acids is 1. The van der Waals surface area contributed by atoms with Gasteiger partial charge in [0.25, 0.3) is 11.5 Å². The van der Waals surface area contributed by atoms with Crippen molar-refractivity contribution in [3.05, 3.63) is 142 Å². The van der Waals surface area contributed by atoms with Crippen molar-refractivity contribution in [1.82, 2.24) is 19.5 Å². The van der Waals surface area contributed by atoms with Gasteiger partial charge in [0.05, 0.1) is 23.1 Å². The van der Waals surface area contributed by atoms with E-state index in [0.717, 1.165) is 11.6 Å². The summed E-state index contributed by atoms with van der Waals surface area (Å²) in [5, 5.41) is 2.55. The van der Waals surface area contributed by atoms with Gasteiger partial charge in [0.1, 0.15) is 35.1 Å². The number of carbonyl (C=O) groups is 1. The van der Waals surface area contributed by atoms with Gasteiger partial charge in [-0.1, -0.05) is 30.3 Å². The summed E-state index contributed by atoms with van der Waals surface area (Å²) >= 11 is 0. The fraction of sp³-hybridized carbons (Fsp3) is 0.0882. The molecule has 0 aliphatic heterocycles. The Labute approximate surface area is 255 Å². The van der Waals surface area contributed by atoms with E-state index in [9.17, 15) is 14.0 Å². The van der Waals surface area contributed by atoms with Gasteiger partial charge in [0, 0.05) is 30.1 Å². The van der Waals surface area contributed by atoms with Crippen molar-refractivity contribution >= 4 is 22.6 Å². The highest BCUT2D eigenvalue weighted by Gasteiger charge is 2.21. The molecule has 45 heavy (non-hydrogen) atoms. The molecule has 0 saturated heterocycles. The van der Waals surface area contributed by atoms with Crippen molar-refractivity contribution in [1.29, 1.82) is 0 Å². The number of ether oxygens (including phenoxy) is 2. The summed E-state index contributed by atoms with van der Waals surface area (Å²) < 4.78 is 41.5. The molecular weight excluding hydrogens is 580 g/mol. The maximum absolute atomic E-state index is 15.2. The lowest BCUT2D eigenvalue weighted by Gasteiger charge is -2.14. The number of hydrogen-bond acceptors (Lipinski definition) is 7. The predicted octanol–water partition coefficient (Wildman–Crippen LogP) is 6.69. The van der Waals surface area contributed by atoms with Gasteiger partial charge in [-0.15, -0.1) is 0 Å². The van der Waals surface area contributed by atoms with Crippen molar-refractivity contribution in [2.75, 3.05) is 5.32 Å². The van der Waals surface area contributed by atoms with Gasteiger partial charge in [0.2, 0.25) is 0 Å². The molecule has 11 heteroatoms. The van der Waals surface area contributed by atoms with E-state index >= 15 is 4.39 Å². The van der Waals surface area contributed by atoms with Crippen LogP contribution in [0.1, 0.15) is 27.4 Å². The number of amides is 1. The van der Waals surface area contributed by atoms with Crippen LogP contribution in [0.3, 0.4) is 0 Å². The summed E-state index contributed by atoms with van der Waals surface area (Å²) in [5.41, 5.74) is 1.67. The Balaban J connectivity index is 1.20. The van der Waals surface area contributed by atoms with Crippen molar-refractivity contribution in [3.63, 3.8) is 0 Å². The smallest absolute Gasteiger partial charge is 0.271 e. The van der Waals surface area contributed by atoms with Crippen LogP contribution in [0.2, 0.25) is 0 Å². The third-order valence-electron chi connectivity index (χ3n) is 6.92. The molecule has 3 aromatic heterocycles. The fourth-order valence-electron chi connectivity index (χ4n) is 4.78. The monoisotopic (exact) mass is 605 g/mol. The largest absolute Gasteiger partial charge is 0.487 e. The lowest BCUT2D eigenvalue weighted by Crippen LogP contribution is -2.32. The molecule has 0 aliphatic rings. The van der Waals surface area contributed by atoms with E-state index in [1.807, 2.05) is 30.3 Å². The van der Waals surface area contributed by atoms with Crippen molar-refractivity contribution in [3.8, 4) is 22.9 Å². The molecule has 1 amide bonds. The molecular formula is C34H25F2N5O4. The molecule has 0 spiro atoms. The van der Waals surface area contributed by atoms with Gasteiger partial charge in [-0.25, -0.2) is 18.7 Å². The summed E-state index contributed by atoms with van der Waals surface area (Å²) in [4.78, 5) is 39.6. The van der Waals surface area contributed by atoms with Crippen LogP contribution in [-0.2, 0) is 6.61 Å². The van der Waals surface area contributed by atoms with Gasteiger partial charge in [0.15, 0.2) is 17.3 Å². The summed E-state index contributed by atoms with van der Waals surface area (Å²) in [6.45, 7) is 3.50. The Bertz CT molecular complexity index is 2100. The molecule has 0 aliphatic carbocycles. The van der Waals surface area contributed by atoms with E-state index in [0.29, 0.717) is 34.9 Å². The topological polar surface area (TPSA) is 108 Å². The third kappa shape index (κ3) is 6.23. The first kappa shape index (κ1) is 29.1. The minimum absolute atomic E-state index is 0.0930. The number of anilines is 1. The molecule has 1 N–H and O–H groups in total. The quantitative estimate of drug-likeness (QED) is 0.206. The first-order valence-electron chi connectivity index (χ1n) is 13.8. The Morgan fingerprint density at radius 2 is 1.69 bits per heavy atom. The SMILES string of the molecule is Cc1nc(C)n(-c2ccc(F)cc2)c(=O)c1C(=O)Nc1ccc(Oc2ccnc3cc(OCc4ccccc4)cnc23)c(F)c1. The molecule has 6 rings (SSSR count). The van der Waals surface area contributed by atoms with Gasteiger partial charge >= 0.3 is 0 Å². The van der Waals surface area contributed by atoms with Crippen LogP contribution >= 0.6 is 0 Å². The number of aryl methyl sites for hydroxylation is 2. The van der Waals surface area contributed by atoms with Gasteiger partial charge < -0.3 is 14.8 Å². The minimum atomic E-state index is -0.774. The van der Waals surface area contributed by atoms with Crippen LogP contribution in [-0.4, -0.2) is 25.4 Å². The molecule has 0 saturated carbocycles. The van der Waals surface area contributed by atoms with Crippen LogP contribution in [0.15, 0.2) is 102 Å². The van der Waals surface area contributed by atoms with E-state index in [-0.39, 0.29) is 28.4 Å². The zero-order valence-electron chi connectivity index (χ0n) is 24.1. The second-order valence-corrected chi connectivity index (χ2v) is 10.1. The lowest BCUT2D eigenvalue weighted by molar-refractivity contribution is 0.102. The molecule has 9 nitrogen and oxygen atoms in total. The zero-order valence-corrected chi connectivity index (χ0v) is 24.1. The summed E-state index contributed by atoms with van der Waals surface area (Å²) in [6.07, 6.45) is 3.06. The highest BCUT2D eigenvalue weighted by molar-refractivity contribution is 6.04. The van der Waals surface area contributed by atoms with Crippen molar-refractivity contribution < 1.29 is 23.0 Å². The number of nitrogens with one attached hydrogen (secondary N) is 1. The number of pyridine rings is 2. The van der Waals surface area contributed by atoms with Crippen LogP contribution in [0.25, 0.3) is 16.7 Å². The molecule has 0 fully saturated rings. The van der Waals surface area contributed by atoms with E-state index < -0.39 is 23.1 Å². The zero-order chi connectivity index (χ0) is 31.5. The third-order valence-corrected chi connectivity index (χ3v) is 6.92. The first-order chi connectivity index (χ1) is 21.8. The number of aromatic nitrogens is 4. The highest BCUT2D eigenvalue weighted by Crippen LogP contribution is 2.31. The highest BCUT2D eigenvalue weighted by atomic mass is 19.1. The van der Waals surface area contributed by atoms with Crippen LogP contribution in [0.5, 0.6) is 17.2 Å². The van der Waals surface area contributed by atoms with Gasteiger partial charge in [-0.3, -0.25) is 19.1 Å². The fourth-order valence-corrected chi connectivity index (χ4v) is 4.78. The van der Waals surface area contributed by atoms with Crippen LogP contribution in [0, 0.1) is 25.5 Å². The number of fused-ring (bicyclic) bond motifs is 1. The molecule has 6 aromatic rings. The molecule has 0 radical (unpaired) electrons. The number of halogens is 2. The average molecular weight is 606 g/mol. The number of rotatable bonds is 8.